The summed E-state index contributed by atoms with van der Waals surface area (Å²) >= 11 is 0. The van der Waals surface area contributed by atoms with Crippen molar-refractivity contribution in [2.45, 2.75) is 33.6 Å². The fraction of sp³-hybridized carbons (Fsp3) is 0.467. The van der Waals surface area contributed by atoms with Gasteiger partial charge in [0.1, 0.15) is 0 Å². The zero-order valence-corrected chi connectivity index (χ0v) is 12.4. The Kier molecular flexibility index (Phi) is 6.56. The number of urea groups is 1. The van der Waals surface area contributed by atoms with Crippen LogP contribution in [-0.4, -0.2) is 25.0 Å². The van der Waals surface area contributed by atoms with Crippen LogP contribution in [0.15, 0.2) is 18.2 Å². The van der Waals surface area contributed by atoms with Gasteiger partial charge in [0.25, 0.3) is 5.91 Å². The lowest BCUT2D eigenvalue weighted by Crippen LogP contribution is -2.29. The van der Waals surface area contributed by atoms with E-state index in [0.717, 1.165) is 18.4 Å². The van der Waals surface area contributed by atoms with E-state index in [2.05, 4.69) is 22.9 Å². The van der Waals surface area contributed by atoms with Crippen LogP contribution in [0.5, 0.6) is 0 Å². The minimum atomic E-state index is -0.215. The topological polar surface area (TPSA) is 70.2 Å². The monoisotopic (exact) mass is 277 g/mol. The summed E-state index contributed by atoms with van der Waals surface area (Å²) in [5, 5.41) is 8.32. The number of aryl methyl sites for hydroxylation is 1. The molecule has 0 aliphatic carbocycles. The molecule has 0 saturated heterocycles. The second kappa shape index (κ2) is 8.19. The molecule has 0 radical (unpaired) electrons. The van der Waals surface area contributed by atoms with E-state index in [0.29, 0.717) is 24.3 Å². The number of hydrogen-bond acceptors (Lipinski definition) is 2. The molecule has 0 saturated carbocycles. The van der Waals surface area contributed by atoms with Crippen LogP contribution in [0.2, 0.25) is 0 Å². The van der Waals surface area contributed by atoms with E-state index in [1.165, 1.54) is 0 Å². The molecule has 0 spiro atoms. The normalized spacial score (nSPS) is 9.95. The van der Waals surface area contributed by atoms with Crippen LogP contribution in [0.3, 0.4) is 0 Å². The van der Waals surface area contributed by atoms with Gasteiger partial charge in [-0.2, -0.15) is 0 Å². The summed E-state index contributed by atoms with van der Waals surface area (Å²) in [4.78, 5) is 23.4. The molecule has 110 valence electrons. The second-order valence-electron chi connectivity index (χ2n) is 4.62. The highest BCUT2D eigenvalue weighted by molar-refractivity contribution is 5.96. The number of benzene rings is 1. The standard InChI is InChI=1S/C15H23N3O2/c1-4-6-9-17-15(20)18-13-8-7-12(10-11(13)3)14(19)16-5-2/h7-8,10H,4-6,9H2,1-3H3,(H,16,19)(H2,17,18,20). The predicted molar refractivity (Wildman–Crippen MR) is 81.1 cm³/mol. The lowest BCUT2D eigenvalue weighted by molar-refractivity contribution is 0.0955. The van der Waals surface area contributed by atoms with Gasteiger partial charge in [0.2, 0.25) is 0 Å². The van der Waals surface area contributed by atoms with Crippen molar-refractivity contribution in [1.29, 1.82) is 0 Å². The van der Waals surface area contributed by atoms with Gasteiger partial charge in [-0.25, -0.2) is 4.79 Å². The summed E-state index contributed by atoms with van der Waals surface area (Å²) in [6.07, 6.45) is 2.00. The molecule has 1 aromatic rings. The summed E-state index contributed by atoms with van der Waals surface area (Å²) in [5.74, 6) is -0.102. The molecule has 1 rings (SSSR count). The quantitative estimate of drug-likeness (QED) is 0.700. The third-order valence-electron chi connectivity index (χ3n) is 2.89. The summed E-state index contributed by atoms with van der Waals surface area (Å²) in [6, 6.07) is 5.01. The van der Waals surface area contributed by atoms with E-state index in [1.807, 2.05) is 13.8 Å². The maximum absolute atomic E-state index is 11.7. The molecule has 0 aliphatic heterocycles. The van der Waals surface area contributed by atoms with Crippen LogP contribution in [-0.2, 0) is 0 Å². The molecule has 3 amide bonds. The molecule has 0 unspecified atom stereocenters. The van der Waals surface area contributed by atoms with Gasteiger partial charge in [-0.3, -0.25) is 4.79 Å². The Labute approximate surface area is 120 Å². The first-order valence-corrected chi connectivity index (χ1v) is 7.02. The molecule has 3 N–H and O–H groups in total. The minimum absolute atomic E-state index is 0.102. The van der Waals surface area contributed by atoms with Crippen LogP contribution in [0, 0.1) is 6.92 Å². The van der Waals surface area contributed by atoms with Crippen molar-refractivity contribution in [3.05, 3.63) is 29.3 Å². The van der Waals surface area contributed by atoms with Gasteiger partial charge in [-0.1, -0.05) is 13.3 Å². The number of unbranched alkanes of at least 4 members (excludes halogenated alkanes) is 1. The summed E-state index contributed by atoms with van der Waals surface area (Å²) in [7, 11) is 0. The maximum Gasteiger partial charge on any atom is 0.319 e. The number of nitrogens with one attached hydrogen (secondary N) is 3. The van der Waals surface area contributed by atoms with Gasteiger partial charge in [-0.05, 0) is 44.0 Å². The summed E-state index contributed by atoms with van der Waals surface area (Å²) in [6.45, 7) is 7.07. The lowest BCUT2D eigenvalue weighted by atomic mass is 10.1. The van der Waals surface area contributed by atoms with Gasteiger partial charge in [-0.15, -0.1) is 0 Å². The first-order chi connectivity index (χ1) is 9.58. The molecule has 0 atom stereocenters. The number of rotatable bonds is 6. The van der Waals surface area contributed by atoms with Gasteiger partial charge in [0.05, 0.1) is 0 Å². The number of anilines is 1. The Morgan fingerprint density at radius 1 is 1.15 bits per heavy atom. The largest absolute Gasteiger partial charge is 0.352 e. The molecular weight excluding hydrogens is 254 g/mol. The predicted octanol–water partition coefficient (Wildman–Crippen LogP) is 2.67. The average Bonchev–Trinajstić information content (AvgIpc) is 2.41. The molecule has 0 fully saturated rings. The summed E-state index contributed by atoms with van der Waals surface area (Å²) < 4.78 is 0. The third kappa shape index (κ3) is 4.91. The van der Waals surface area contributed by atoms with Gasteiger partial charge in [0, 0.05) is 24.3 Å². The van der Waals surface area contributed by atoms with Crippen molar-refractivity contribution in [2.24, 2.45) is 0 Å². The zero-order chi connectivity index (χ0) is 15.0. The van der Waals surface area contributed by atoms with Gasteiger partial charge < -0.3 is 16.0 Å². The smallest absolute Gasteiger partial charge is 0.319 e. The molecule has 0 aromatic heterocycles. The highest BCUT2D eigenvalue weighted by Gasteiger charge is 2.08. The number of carbonyl (C=O) groups is 2. The third-order valence-corrected chi connectivity index (χ3v) is 2.89. The molecule has 5 nitrogen and oxygen atoms in total. The van der Waals surface area contributed by atoms with Gasteiger partial charge >= 0.3 is 6.03 Å². The van der Waals surface area contributed by atoms with E-state index in [1.54, 1.807) is 18.2 Å². The van der Waals surface area contributed by atoms with Crippen molar-refractivity contribution in [3.63, 3.8) is 0 Å². The van der Waals surface area contributed by atoms with E-state index < -0.39 is 0 Å². The fourth-order valence-corrected chi connectivity index (χ4v) is 1.75. The number of amides is 3. The molecule has 0 aliphatic rings. The second-order valence-corrected chi connectivity index (χ2v) is 4.62. The maximum atomic E-state index is 11.7. The molecule has 20 heavy (non-hydrogen) atoms. The first kappa shape index (κ1) is 16.0. The SMILES string of the molecule is CCCCNC(=O)Nc1ccc(C(=O)NCC)cc1C. The average molecular weight is 277 g/mol. The highest BCUT2D eigenvalue weighted by atomic mass is 16.2. The number of hydrogen-bond donors (Lipinski definition) is 3. The summed E-state index contributed by atoms with van der Waals surface area (Å²) in [5.41, 5.74) is 2.17. The van der Waals surface area contributed by atoms with Crippen molar-refractivity contribution < 1.29 is 9.59 Å². The van der Waals surface area contributed by atoms with Crippen LogP contribution < -0.4 is 16.0 Å². The Morgan fingerprint density at radius 2 is 1.90 bits per heavy atom. The lowest BCUT2D eigenvalue weighted by Gasteiger charge is -2.11. The van der Waals surface area contributed by atoms with E-state index in [-0.39, 0.29) is 11.9 Å². The van der Waals surface area contributed by atoms with Crippen LogP contribution in [0.25, 0.3) is 0 Å². The Morgan fingerprint density at radius 3 is 2.50 bits per heavy atom. The van der Waals surface area contributed by atoms with Gasteiger partial charge in [0.15, 0.2) is 0 Å². The van der Waals surface area contributed by atoms with Crippen molar-refractivity contribution in [1.82, 2.24) is 10.6 Å². The van der Waals surface area contributed by atoms with Crippen LogP contribution in [0.4, 0.5) is 10.5 Å². The van der Waals surface area contributed by atoms with E-state index >= 15 is 0 Å². The van der Waals surface area contributed by atoms with Crippen molar-refractivity contribution >= 4 is 17.6 Å². The highest BCUT2D eigenvalue weighted by Crippen LogP contribution is 2.16. The van der Waals surface area contributed by atoms with Crippen LogP contribution in [0.1, 0.15) is 42.6 Å². The van der Waals surface area contributed by atoms with Crippen molar-refractivity contribution in [3.8, 4) is 0 Å². The number of carbonyl (C=O) groups excluding carboxylic acids is 2. The molecule has 1 aromatic carbocycles. The van der Waals surface area contributed by atoms with E-state index in [4.69, 9.17) is 0 Å². The molecule has 0 bridgehead atoms. The molecule has 5 heteroatoms. The molecular formula is C15H23N3O2. The van der Waals surface area contributed by atoms with Crippen molar-refractivity contribution in [2.75, 3.05) is 18.4 Å². The van der Waals surface area contributed by atoms with E-state index in [9.17, 15) is 9.59 Å². The Bertz CT molecular complexity index is 472. The Balaban J connectivity index is 2.64. The Hall–Kier alpha value is -2.04. The fourth-order valence-electron chi connectivity index (χ4n) is 1.75. The minimum Gasteiger partial charge on any atom is -0.352 e. The zero-order valence-electron chi connectivity index (χ0n) is 12.4. The van der Waals surface area contributed by atoms with Crippen LogP contribution >= 0.6 is 0 Å². The first-order valence-electron chi connectivity index (χ1n) is 7.02. The molecule has 0 heterocycles.